The fraction of sp³-hybridized carbons (Fsp3) is 0.200. The molecule has 0 saturated heterocycles. The summed E-state index contributed by atoms with van der Waals surface area (Å²) < 4.78 is 0. The Morgan fingerprint density at radius 3 is 2.55 bits per heavy atom. The zero-order valence-electron chi connectivity index (χ0n) is 11.1. The average molecular weight is 272 g/mol. The first kappa shape index (κ1) is 13.9. The normalized spacial score (nSPS) is 11.8. The van der Waals surface area contributed by atoms with Gasteiger partial charge in [-0.05, 0) is 24.1 Å². The van der Waals surface area contributed by atoms with Gasteiger partial charge >= 0.3 is 0 Å². The largest absolute Gasteiger partial charge is 0.508 e. The highest BCUT2D eigenvalue weighted by molar-refractivity contribution is 5.64. The summed E-state index contributed by atoms with van der Waals surface area (Å²) in [5, 5.41) is 23.6. The fourth-order valence-corrected chi connectivity index (χ4v) is 2.09. The van der Waals surface area contributed by atoms with Crippen LogP contribution in [0.15, 0.2) is 48.5 Å². The van der Waals surface area contributed by atoms with Crippen LogP contribution < -0.4 is 5.32 Å². The van der Waals surface area contributed by atoms with Crippen molar-refractivity contribution in [2.45, 2.75) is 19.4 Å². The number of nitro benzene ring substituents is 1. The predicted octanol–water partition coefficient (Wildman–Crippen LogP) is 3.86. The molecule has 20 heavy (non-hydrogen) atoms. The zero-order chi connectivity index (χ0) is 14.5. The molecule has 1 atom stereocenters. The van der Waals surface area contributed by atoms with Crippen molar-refractivity contribution in [3.05, 3.63) is 64.2 Å². The number of nitrogens with one attached hydrogen (secondary N) is 1. The second-order valence-corrected chi connectivity index (χ2v) is 4.47. The molecule has 5 heteroatoms. The number of nitrogens with zero attached hydrogens (tertiary/aromatic N) is 1. The van der Waals surface area contributed by atoms with Crippen LogP contribution >= 0.6 is 0 Å². The van der Waals surface area contributed by atoms with Crippen molar-refractivity contribution in [1.29, 1.82) is 0 Å². The molecule has 0 spiro atoms. The van der Waals surface area contributed by atoms with Crippen LogP contribution in [0.25, 0.3) is 0 Å². The van der Waals surface area contributed by atoms with Gasteiger partial charge in [0, 0.05) is 0 Å². The number of benzene rings is 2. The maximum Gasteiger partial charge on any atom is 0.296 e. The van der Waals surface area contributed by atoms with E-state index < -0.39 is 4.92 Å². The van der Waals surface area contributed by atoms with Gasteiger partial charge in [0.2, 0.25) is 0 Å². The van der Waals surface area contributed by atoms with Crippen LogP contribution in [0.4, 0.5) is 11.4 Å². The second kappa shape index (κ2) is 6.06. The highest BCUT2D eigenvalue weighted by atomic mass is 16.6. The number of nitro groups is 1. The number of rotatable bonds is 5. The first-order chi connectivity index (χ1) is 9.61. The number of phenols is 1. The van der Waals surface area contributed by atoms with Crippen LogP contribution in [0.1, 0.15) is 24.9 Å². The van der Waals surface area contributed by atoms with E-state index in [-0.39, 0.29) is 17.5 Å². The SMILES string of the molecule is CCC(Nc1ccc(O)cc1[N+](=O)[O-])c1ccccc1. The average Bonchev–Trinajstić information content (AvgIpc) is 2.46. The summed E-state index contributed by atoms with van der Waals surface area (Å²) in [7, 11) is 0. The molecule has 0 aromatic heterocycles. The summed E-state index contributed by atoms with van der Waals surface area (Å²) in [4.78, 5) is 10.5. The van der Waals surface area contributed by atoms with Crippen molar-refractivity contribution < 1.29 is 10.0 Å². The second-order valence-electron chi connectivity index (χ2n) is 4.47. The third-order valence-corrected chi connectivity index (χ3v) is 3.12. The molecule has 0 heterocycles. The number of anilines is 1. The summed E-state index contributed by atoms with van der Waals surface area (Å²) in [5.41, 5.74) is 1.35. The summed E-state index contributed by atoms with van der Waals surface area (Å²) in [6, 6.07) is 13.9. The van der Waals surface area contributed by atoms with Crippen LogP contribution in [0, 0.1) is 10.1 Å². The lowest BCUT2D eigenvalue weighted by molar-refractivity contribution is -0.384. The molecule has 0 aliphatic rings. The molecule has 0 bridgehead atoms. The van der Waals surface area contributed by atoms with Gasteiger partial charge in [-0.15, -0.1) is 0 Å². The third kappa shape index (κ3) is 3.06. The highest BCUT2D eigenvalue weighted by Crippen LogP contribution is 2.32. The van der Waals surface area contributed by atoms with Crippen molar-refractivity contribution in [3.63, 3.8) is 0 Å². The fourth-order valence-electron chi connectivity index (χ4n) is 2.09. The van der Waals surface area contributed by atoms with Gasteiger partial charge in [-0.25, -0.2) is 0 Å². The van der Waals surface area contributed by atoms with Crippen molar-refractivity contribution in [1.82, 2.24) is 0 Å². The Morgan fingerprint density at radius 1 is 1.25 bits per heavy atom. The molecular weight excluding hydrogens is 256 g/mol. The van der Waals surface area contributed by atoms with Gasteiger partial charge < -0.3 is 10.4 Å². The Morgan fingerprint density at radius 2 is 1.95 bits per heavy atom. The van der Waals surface area contributed by atoms with E-state index >= 15 is 0 Å². The van der Waals surface area contributed by atoms with Gasteiger partial charge in [-0.2, -0.15) is 0 Å². The smallest absolute Gasteiger partial charge is 0.296 e. The lowest BCUT2D eigenvalue weighted by Gasteiger charge is -2.18. The first-order valence-corrected chi connectivity index (χ1v) is 6.40. The molecule has 5 nitrogen and oxygen atoms in total. The van der Waals surface area contributed by atoms with E-state index in [1.54, 1.807) is 0 Å². The minimum Gasteiger partial charge on any atom is -0.508 e. The standard InChI is InChI=1S/C15H16N2O3/c1-2-13(11-6-4-3-5-7-11)16-14-9-8-12(18)10-15(14)17(19)20/h3-10,13,16,18H,2H2,1H3. The van der Waals surface area contributed by atoms with E-state index in [1.807, 2.05) is 37.3 Å². The van der Waals surface area contributed by atoms with Crippen molar-refractivity contribution in [3.8, 4) is 5.75 Å². The van der Waals surface area contributed by atoms with Crippen LogP contribution in [0.5, 0.6) is 5.75 Å². The number of hydrogen-bond donors (Lipinski definition) is 2. The van der Waals surface area contributed by atoms with Crippen LogP contribution in [0.2, 0.25) is 0 Å². The number of phenolic OH excluding ortho intramolecular Hbond substituents is 1. The Labute approximate surface area is 117 Å². The molecular formula is C15H16N2O3. The summed E-state index contributed by atoms with van der Waals surface area (Å²) in [6.07, 6.45) is 0.794. The molecule has 0 radical (unpaired) electrons. The molecule has 0 fully saturated rings. The molecule has 0 amide bonds. The van der Waals surface area contributed by atoms with E-state index in [4.69, 9.17) is 0 Å². The van der Waals surface area contributed by atoms with Crippen LogP contribution in [-0.4, -0.2) is 10.0 Å². The number of aromatic hydroxyl groups is 1. The topological polar surface area (TPSA) is 75.4 Å². The first-order valence-electron chi connectivity index (χ1n) is 6.40. The molecule has 0 saturated carbocycles. The quantitative estimate of drug-likeness (QED) is 0.492. The van der Waals surface area contributed by atoms with Gasteiger partial charge in [0.25, 0.3) is 5.69 Å². The summed E-state index contributed by atoms with van der Waals surface area (Å²) in [5.74, 6) is -0.116. The highest BCUT2D eigenvalue weighted by Gasteiger charge is 2.18. The van der Waals surface area contributed by atoms with E-state index in [9.17, 15) is 15.2 Å². The summed E-state index contributed by atoms with van der Waals surface area (Å²) >= 11 is 0. The molecule has 0 aliphatic heterocycles. The van der Waals surface area contributed by atoms with Crippen LogP contribution in [0.3, 0.4) is 0 Å². The van der Waals surface area contributed by atoms with Crippen molar-refractivity contribution in [2.75, 3.05) is 5.32 Å². The minimum atomic E-state index is -0.500. The predicted molar refractivity (Wildman–Crippen MR) is 77.9 cm³/mol. The van der Waals surface area contributed by atoms with Gasteiger partial charge in [0.15, 0.2) is 0 Å². The maximum atomic E-state index is 11.0. The van der Waals surface area contributed by atoms with E-state index in [0.717, 1.165) is 18.1 Å². The Balaban J connectivity index is 2.31. The van der Waals surface area contributed by atoms with Gasteiger partial charge in [-0.1, -0.05) is 37.3 Å². The number of hydrogen-bond acceptors (Lipinski definition) is 4. The molecule has 2 aromatic carbocycles. The van der Waals surface area contributed by atoms with Gasteiger partial charge in [0.1, 0.15) is 11.4 Å². The zero-order valence-corrected chi connectivity index (χ0v) is 11.1. The van der Waals surface area contributed by atoms with E-state index in [0.29, 0.717) is 5.69 Å². The minimum absolute atomic E-state index is 0.0144. The maximum absolute atomic E-state index is 11.0. The van der Waals surface area contributed by atoms with Crippen LogP contribution in [-0.2, 0) is 0 Å². The lowest BCUT2D eigenvalue weighted by atomic mass is 10.0. The molecule has 104 valence electrons. The molecule has 2 rings (SSSR count). The van der Waals surface area contributed by atoms with E-state index in [2.05, 4.69) is 5.32 Å². The Bertz CT molecular complexity index is 599. The van der Waals surface area contributed by atoms with Gasteiger partial charge in [0.05, 0.1) is 17.0 Å². The molecule has 1 unspecified atom stereocenters. The van der Waals surface area contributed by atoms with Crippen molar-refractivity contribution >= 4 is 11.4 Å². The summed E-state index contributed by atoms with van der Waals surface area (Å²) in [6.45, 7) is 2.01. The Kier molecular flexibility index (Phi) is 4.20. The van der Waals surface area contributed by atoms with E-state index in [1.165, 1.54) is 12.1 Å². The molecule has 2 N–H and O–H groups in total. The third-order valence-electron chi connectivity index (χ3n) is 3.12. The van der Waals surface area contributed by atoms with Crippen molar-refractivity contribution in [2.24, 2.45) is 0 Å². The molecule has 2 aromatic rings. The Hall–Kier alpha value is -2.56. The molecule has 0 aliphatic carbocycles. The van der Waals surface area contributed by atoms with Gasteiger partial charge in [-0.3, -0.25) is 10.1 Å². The monoisotopic (exact) mass is 272 g/mol. The lowest BCUT2D eigenvalue weighted by Crippen LogP contribution is -2.10.